The van der Waals surface area contributed by atoms with E-state index in [1.165, 1.54) is 0 Å². The van der Waals surface area contributed by atoms with Gasteiger partial charge in [0.05, 0.1) is 0 Å². The van der Waals surface area contributed by atoms with Crippen LogP contribution >= 0.6 is 0 Å². The summed E-state index contributed by atoms with van der Waals surface area (Å²) in [6.07, 6.45) is 9.03. The van der Waals surface area contributed by atoms with Crippen LogP contribution in [0.4, 0.5) is 0 Å². The fourth-order valence-electron chi connectivity index (χ4n) is 2.71. The predicted octanol–water partition coefficient (Wildman–Crippen LogP) is 2.52. The average Bonchev–Trinajstić information content (AvgIpc) is 3.17. The first-order valence-electron chi connectivity index (χ1n) is 6.96. The lowest BCUT2D eigenvalue weighted by molar-refractivity contribution is 0.948. The Labute approximate surface area is 127 Å². The Morgan fingerprint density at radius 1 is 1.05 bits per heavy atom. The van der Waals surface area contributed by atoms with Gasteiger partial charge in [-0.05, 0) is 36.2 Å². The van der Waals surface area contributed by atoms with Gasteiger partial charge in [0.15, 0.2) is 0 Å². The van der Waals surface area contributed by atoms with Gasteiger partial charge in [0.2, 0.25) is 0 Å². The smallest absolute Gasteiger partial charge is 0.142 e. The topological polar surface area (TPSA) is 61.4 Å². The van der Waals surface area contributed by atoms with Crippen LogP contribution in [0.3, 0.4) is 0 Å². The van der Waals surface area contributed by atoms with Crippen LogP contribution < -0.4 is 0 Å². The van der Waals surface area contributed by atoms with Gasteiger partial charge >= 0.3 is 0 Å². The second kappa shape index (κ2) is 4.77. The standard InChI is InChI=1S/C16H14N6/c1-11-7-12(8-18-15(11)22-9-19-20-10-22)13-3-5-17-16-14(13)4-6-21(16)2/h3-10H,1-2H3. The zero-order valence-corrected chi connectivity index (χ0v) is 12.3. The predicted molar refractivity (Wildman–Crippen MR) is 83.6 cm³/mol. The molecule has 22 heavy (non-hydrogen) atoms. The highest BCUT2D eigenvalue weighted by molar-refractivity contribution is 5.93. The molecule has 6 nitrogen and oxygen atoms in total. The Hall–Kier alpha value is -3.02. The quantitative estimate of drug-likeness (QED) is 0.569. The maximum atomic E-state index is 4.57. The van der Waals surface area contributed by atoms with Crippen molar-refractivity contribution in [2.24, 2.45) is 7.05 Å². The van der Waals surface area contributed by atoms with Gasteiger partial charge in [-0.25, -0.2) is 9.97 Å². The third-order valence-corrected chi connectivity index (χ3v) is 3.79. The van der Waals surface area contributed by atoms with E-state index < -0.39 is 0 Å². The van der Waals surface area contributed by atoms with E-state index >= 15 is 0 Å². The number of aryl methyl sites for hydroxylation is 2. The molecule has 0 unspecified atom stereocenters. The highest BCUT2D eigenvalue weighted by atomic mass is 15.2. The summed E-state index contributed by atoms with van der Waals surface area (Å²) >= 11 is 0. The van der Waals surface area contributed by atoms with Gasteiger partial charge in [-0.3, -0.25) is 4.57 Å². The average molecular weight is 290 g/mol. The van der Waals surface area contributed by atoms with Gasteiger partial charge < -0.3 is 4.57 Å². The third-order valence-electron chi connectivity index (χ3n) is 3.79. The van der Waals surface area contributed by atoms with Crippen molar-refractivity contribution in [3.63, 3.8) is 0 Å². The van der Waals surface area contributed by atoms with E-state index in [0.717, 1.165) is 33.5 Å². The van der Waals surface area contributed by atoms with Gasteiger partial charge in [-0.2, -0.15) is 0 Å². The van der Waals surface area contributed by atoms with Crippen LogP contribution in [0.1, 0.15) is 5.56 Å². The SMILES string of the molecule is Cc1cc(-c2ccnc3c2ccn3C)cnc1-n1cnnc1. The number of pyridine rings is 2. The molecule has 4 rings (SSSR count). The molecule has 0 bridgehead atoms. The van der Waals surface area contributed by atoms with Crippen LogP contribution in [-0.2, 0) is 7.05 Å². The van der Waals surface area contributed by atoms with Gasteiger partial charge in [0.1, 0.15) is 24.1 Å². The van der Waals surface area contributed by atoms with Gasteiger partial charge in [0.25, 0.3) is 0 Å². The maximum absolute atomic E-state index is 4.57. The summed E-state index contributed by atoms with van der Waals surface area (Å²) < 4.78 is 3.83. The zero-order chi connectivity index (χ0) is 15.1. The molecule has 0 spiro atoms. The van der Waals surface area contributed by atoms with Crippen LogP contribution in [0.2, 0.25) is 0 Å². The molecule has 6 heteroatoms. The molecule has 0 aliphatic carbocycles. The molecular formula is C16H14N6. The van der Waals surface area contributed by atoms with E-state index in [4.69, 9.17) is 0 Å². The van der Waals surface area contributed by atoms with Crippen LogP contribution in [-0.4, -0.2) is 29.3 Å². The summed E-state index contributed by atoms with van der Waals surface area (Å²) in [5, 5.41) is 8.78. The third kappa shape index (κ3) is 1.88. The Balaban J connectivity index is 1.87. The normalized spacial score (nSPS) is 11.2. The zero-order valence-electron chi connectivity index (χ0n) is 12.3. The van der Waals surface area contributed by atoms with Crippen molar-refractivity contribution >= 4 is 11.0 Å². The first-order chi connectivity index (χ1) is 10.7. The molecule has 4 heterocycles. The Morgan fingerprint density at radius 2 is 1.86 bits per heavy atom. The molecule has 0 amide bonds. The number of hydrogen-bond donors (Lipinski definition) is 0. The van der Waals surface area contributed by atoms with Crippen molar-refractivity contribution in [1.82, 2.24) is 29.3 Å². The summed E-state index contributed by atoms with van der Waals surface area (Å²) in [7, 11) is 2.00. The van der Waals surface area contributed by atoms with E-state index in [1.54, 1.807) is 12.7 Å². The van der Waals surface area contributed by atoms with E-state index in [2.05, 4.69) is 32.3 Å². The Bertz CT molecular complexity index is 952. The summed E-state index contributed by atoms with van der Waals surface area (Å²) in [6, 6.07) is 6.24. The van der Waals surface area contributed by atoms with Crippen LogP contribution in [0.15, 0.2) is 49.4 Å². The lowest BCUT2D eigenvalue weighted by Crippen LogP contribution is -1.98. The second-order valence-electron chi connectivity index (χ2n) is 5.26. The van der Waals surface area contributed by atoms with E-state index in [-0.39, 0.29) is 0 Å². The Morgan fingerprint density at radius 3 is 2.64 bits per heavy atom. The van der Waals surface area contributed by atoms with Crippen LogP contribution in [0.25, 0.3) is 28.0 Å². The molecule has 0 aliphatic rings. The lowest BCUT2D eigenvalue weighted by Gasteiger charge is -2.09. The lowest BCUT2D eigenvalue weighted by atomic mass is 10.0. The molecule has 0 saturated heterocycles. The maximum Gasteiger partial charge on any atom is 0.142 e. The molecule has 0 aliphatic heterocycles. The van der Waals surface area contributed by atoms with Crippen molar-refractivity contribution < 1.29 is 0 Å². The fraction of sp³-hybridized carbons (Fsp3) is 0.125. The number of rotatable bonds is 2. The molecular weight excluding hydrogens is 276 g/mol. The van der Waals surface area contributed by atoms with Crippen LogP contribution in [0, 0.1) is 6.92 Å². The van der Waals surface area contributed by atoms with Crippen LogP contribution in [0.5, 0.6) is 0 Å². The largest absolute Gasteiger partial charge is 0.336 e. The summed E-state index contributed by atoms with van der Waals surface area (Å²) in [5.74, 6) is 0.840. The molecule has 4 aromatic rings. The first kappa shape index (κ1) is 12.7. The molecule has 0 saturated carbocycles. The summed E-state index contributed by atoms with van der Waals surface area (Å²) in [6.45, 7) is 2.04. The van der Waals surface area contributed by atoms with Crippen molar-refractivity contribution in [3.05, 3.63) is 55.0 Å². The molecule has 0 radical (unpaired) electrons. The number of fused-ring (bicyclic) bond motifs is 1. The summed E-state index contributed by atoms with van der Waals surface area (Å²) in [4.78, 5) is 9.00. The minimum Gasteiger partial charge on any atom is -0.336 e. The van der Waals surface area contributed by atoms with E-state index in [9.17, 15) is 0 Å². The number of aromatic nitrogens is 6. The monoisotopic (exact) mass is 290 g/mol. The van der Waals surface area contributed by atoms with Gasteiger partial charge in [0, 0.05) is 36.6 Å². The number of nitrogens with zero attached hydrogens (tertiary/aromatic N) is 6. The highest BCUT2D eigenvalue weighted by Gasteiger charge is 2.10. The molecule has 0 fully saturated rings. The molecule has 4 aromatic heterocycles. The molecule has 0 N–H and O–H groups in total. The highest BCUT2D eigenvalue weighted by Crippen LogP contribution is 2.28. The van der Waals surface area contributed by atoms with Crippen molar-refractivity contribution in [3.8, 4) is 16.9 Å². The summed E-state index contributed by atoms with van der Waals surface area (Å²) in [5.41, 5.74) is 4.25. The molecule has 0 aromatic carbocycles. The van der Waals surface area contributed by atoms with Gasteiger partial charge in [-0.15, -0.1) is 10.2 Å². The van der Waals surface area contributed by atoms with Gasteiger partial charge in [-0.1, -0.05) is 0 Å². The number of hydrogen-bond acceptors (Lipinski definition) is 4. The van der Waals surface area contributed by atoms with E-state index in [1.807, 2.05) is 47.8 Å². The van der Waals surface area contributed by atoms with Crippen molar-refractivity contribution in [2.75, 3.05) is 0 Å². The Kier molecular flexibility index (Phi) is 2.75. The van der Waals surface area contributed by atoms with Crippen molar-refractivity contribution in [1.29, 1.82) is 0 Å². The van der Waals surface area contributed by atoms with Crippen molar-refractivity contribution in [2.45, 2.75) is 6.92 Å². The minimum atomic E-state index is 0.840. The minimum absolute atomic E-state index is 0.840. The first-order valence-corrected chi connectivity index (χ1v) is 6.96. The van der Waals surface area contributed by atoms with E-state index in [0.29, 0.717) is 0 Å². The fourth-order valence-corrected chi connectivity index (χ4v) is 2.71. The molecule has 0 atom stereocenters. The molecule has 108 valence electrons. The second-order valence-corrected chi connectivity index (χ2v) is 5.26.